The molecule has 0 aliphatic carbocycles. The molecule has 1 amide bonds. The molecule has 21 heavy (non-hydrogen) atoms. The van der Waals surface area contributed by atoms with Crippen LogP contribution >= 0.6 is 11.6 Å². The molecule has 1 atom stereocenters. The van der Waals surface area contributed by atoms with Crippen LogP contribution in [0.4, 0.5) is 0 Å². The van der Waals surface area contributed by atoms with Crippen molar-refractivity contribution in [1.82, 2.24) is 5.32 Å². The van der Waals surface area contributed by atoms with Crippen LogP contribution in [0.3, 0.4) is 0 Å². The molecule has 0 saturated heterocycles. The Morgan fingerprint density at radius 3 is 2.81 bits per heavy atom. The Kier molecular flexibility index (Phi) is 3.97. The van der Waals surface area contributed by atoms with Crippen molar-refractivity contribution < 1.29 is 14.3 Å². The molecule has 0 fully saturated rings. The van der Waals surface area contributed by atoms with Crippen LogP contribution in [0, 0.1) is 0 Å². The number of carbonyl (C=O) groups is 1. The largest absolute Gasteiger partial charge is 0.486 e. The zero-order valence-electron chi connectivity index (χ0n) is 11.2. The molecule has 108 valence electrons. The summed E-state index contributed by atoms with van der Waals surface area (Å²) < 4.78 is 11.4. The van der Waals surface area contributed by atoms with E-state index in [0.29, 0.717) is 29.5 Å². The first-order chi connectivity index (χ1) is 10.2. The van der Waals surface area contributed by atoms with Crippen LogP contribution in [0.2, 0.25) is 5.02 Å². The molecule has 0 aromatic heterocycles. The smallest absolute Gasteiger partial charge is 0.251 e. The molecule has 2 aromatic rings. The monoisotopic (exact) mass is 303 g/mol. The second-order valence-corrected chi connectivity index (χ2v) is 5.15. The van der Waals surface area contributed by atoms with Gasteiger partial charge in [-0.1, -0.05) is 29.8 Å². The number of fused-ring (bicyclic) bond motifs is 1. The Balaban J connectivity index is 1.58. The van der Waals surface area contributed by atoms with Crippen molar-refractivity contribution in [2.45, 2.75) is 6.10 Å². The number of halogens is 1. The Hall–Kier alpha value is -2.20. The fourth-order valence-electron chi connectivity index (χ4n) is 2.10. The average Bonchev–Trinajstić information content (AvgIpc) is 2.52. The van der Waals surface area contributed by atoms with Crippen molar-refractivity contribution in [3.8, 4) is 11.5 Å². The Morgan fingerprint density at radius 1 is 1.19 bits per heavy atom. The minimum Gasteiger partial charge on any atom is -0.486 e. The first-order valence-corrected chi connectivity index (χ1v) is 7.02. The van der Waals surface area contributed by atoms with Gasteiger partial charge in [-0.15, -0.1) is 0 Å². The highest BCUT2D eigenvalue weighted by Crippen LogP contribution is 2.30. The number of ether oxygens (including phenoxy) is 2. The molecule has 0 unspecified atom stereocenters. The summed E-state index contributed by atoms with van der Waals surface area (Å²) in [5.74, 6) is 1.25. The first-order valence-electron chi connectivity index (χ1n) is 6.64. The molecular weight excluding hydrogens is 290 g/mol. The predicted octanol–water partition coefficient (Wildman–Crippen LogP) is 2.91. The molecule has 0 saturated carbocycles. The van der Waals surface area contributed by atoms with Gasteiger partial charge < -0.3 is 14.8 Å². The number of para-hydroxylation sites is 2. The van der Waals surface area contributed by atoms with Crippen molar-refractivity contribution in [2.24, 2.45) is 0 Å². The highest BCUT2D eigenvalue weighted by atomic mass is 35.5. The quantitative estimate of drug-likeness (QED) is 0.948. The van der Waals surface area contributed by atoms with E-state index in [1.165, 1.54) is 0 Å². The molecule has 2 aromatic carbocycles. The third kappa shape index (κ3) is 3.28. The maximum absolute atomic E-state index is 12.0. The molecule has 1 N–H and O–H groups in total. The van der Waals surface area contributed by atoms with Crippen LogP contribution in [0.25, 0.3) is 0 Å². The second kappa shape index (κ2) is 6.06. The number of hydrogen-bond acceptors (Lipinski definition) is 3. The van der Waals surface area contributed by atoms with Gasteiger partial charge in [0.25, 0.3) is 5.91 Å². The third-order valence-corrected chi connectivity index (χ3v) is 3.38. The van der Waals surface area contributed by atoms with Gasteiger partial charge in [-0.2, -0.15) is 0 Å². The van der Waals surface area contributed by atoms with Gasteiger partial charge in [-0.25, -0.2) is 0 Å². The van der Waals surface area contributed by atoms with Gasteiger partial charge in [0.1, 0.15) is 12.7 Å². The van der Waals surface area contributed by atoms with Crippen molar-refractivity contribution in [3.63, 3.8) is 0 Å². The summed E-state index contributed by atoms with van der Waals surface area (Å²) in [6.45, 7) is 0.784. The number of carbonyl (C=O) groups excluding carboxylic acids is 1. The lowest BCUT2D eigenvalue weighted by Crippen LogP contribution is -2.40. The van der Waals surface area contributed by atoms with Crippen LogP contribution in [0.15, 0.2) is 48.5 Å². The summed E-state index contributed by atoms with van der Waals surface area (Å²) in [5, 5.41) is 3.36. The molecule has 0 spiro atoms. The van der Waals surface area contributed by atoms with Crippen molar-refractivity contribution in [3.05, 3.63) is 59.1 Å². The summed E-state index contributed by atoms with van der Waals surface area (Å²) in [7, 11) is 0. The topological polar surface area (TPSA) is 47.6 Å². The summed E-state index contributed by atoms with van der Waals surface area (Å²) >= 11 is 5.87. The minimum absolute atomic E-state index is 0.181. The maximum atomic E-state index is 12.0. The SMILES string of the molecule is O=C(NC[C@H]1COc2ccccc2O1)c1cccc(Cl)c1. The molecule has 5 heteroatoms. The lowest BCUT2D eigenvalue weighted by atomic mass is 10.2. The van der Waals surface area contributed by atoms with E-state index in [1.807, 2.05) is 24.3 Å². The maximum Gasteiger partial charge on any atom is 0.251 e. The average molecular weight is 304 g/mol. The van der Waals surface area contributed by atoms with Gasteiger partial charge >= 0.3 is 0 Å². The van der Waals surface area contributed by atoms with Gasteiger partial charge in [0.15, 0.2) is 11.5 Å². The molecule has 1 heterocycles. The van der Waals surface area contributed by atoms with E-state index in [2.05, 4.69) is 5.32 Å². The molecule has 0 bridgehead atoms. The summed E-state index contributed by atoms with van der Waals surface area (Å²) in [6, 6.07) is 14.3. The van der Waals surface area contributed by atoms with E-state index in [1.54, 1.807) is 24.3 Å². The minimum atomic E-state index is -0.206. The van der Waals surface area contributed by atoms with E-state index in [4.69, 9.17) is 21.1 Å². The van der Waals surface area contributed by atoms with Gasteiger partial charge in [-0.3, -0.25) is 4.79 Å². The summed E-state index contributed by atoms with van der Waals surface area (Å²) in [6.07, 6.45) is -0.206. The summed E-state index contributed by atoms with van der Waals surface area (Å²) in [5.41, 5.74) is 0.527. The van der Waals surface area contributed by atoms with Crippen molar-refractivity contribution in [2.75, 3.05) is 13.2 Å². The van der Waals surface area contributed by atoms with E-state index >= 15 is 0 Å². The predicted molar refractivity (Wildman–Crippen MR) is 80.1 cm³/mol. The van der Waals surface area contributed by atoms with Crippen LogP contribution in [-0.4, -0.2) is 25.2 Å². The highest BCUT2D eigenvalue weighted by Gasteiger charge is 2.21. The van der Waals surface area contributed by atoms with E-state index < -0.39 is 0 Å². The fourth-order valence-corrected chi connectivity index (χ4v) is 2.29. The Morgan fingerprint density at radius 2 is 2.00 bits per heavy atom. The van der Waals surface area contributed by atoms with Crippen LogP contribution in [0.5, 0.6) is 11.5 Å². The van der Waals surface area contributed by atoms with Crippen LogP contribution in [0.1, 0.15) is 10.4 Å². The van der Waals surface area contributed by atoms with Crippen LogP contribution in [-0.2, 0) is 0 Å². The van der Waals surface area contributed by atoms with Gasteiger partial charge in [0.05, 0.1) is 6.54 Å². The second-order valence-electron chi connectivity index (χ2n) is 4.72. The van der Waals surface area contributed by atoms with E-state index in [-0.39, 0.29) is 12.0 Å². The lowest BCUT2D eigenvalue weighted by molar-refractivity contribution is 0.0789. The number of amides is 1. The zero-order chi connectivity index (χ0) is 14.7. The van der Waals surface area contributed by atoms with Crippen LogP contribution < -0.4 is 14.8 Å². The van der Waals surface area contributed by atoms with Crippen molar-refractivity contribution >= 4 is 17.5 Å². The molecule has 4 nitrogen and oxygen atoms in total. The summed E-state index contributed by atoms with van der Waals surface area (Å²) in [4.78, 5) is 12.0. The van der Waals surface area contributed by atoms with E-state index in [9.17, 15) is 4.79 Å². The molecular formula is C16H14ClNO3. The van der Waals surface area contributed by atoms with Gasteiger partial charge in [-0.05, 0) is 30.3 Å². The fraction of sp³-hybridized carbons (Fsp3) is 0.188. The van der Waals surface area contributed by atoms with Crippen molar-refractivity contribution in [1.29, 1.82) is 0 Å². The molecule has 0 radical (unpaired) electrons. The molecule has 1 aliphatic heterocycles. The third-order valence-electron chi connectivity index (χ3n) is 3.14. The normalized spacial score (nSPS) is 16.3. The number of benzene rings is 2. The molecule has 1 aliphatic rings. The number of rotatable bonds is 3. The van der Waals surface area contributed by atoms with E-state index in [0.717, 1.165) is 5.75 Å². The molecule has 3 rings (SSSR count). The van der Waals surface area contributed by atoms with Gasteiger partial charge in [0, 0.05) is 10.6 Å². The highest BCUT2D eigenvalue weighted by molar-refractivity contribution is 6.30. The Labute approximate surface area is 127 Å². The van der Waals surface area contributed by atoms with Gasteiger partial charge in [0.2, 0.25) is 0 Å². The Bertz CT molecular complexity index is 659. The lowest BCUT2D eigenvalue weighted by Gasteiger charge is -2.26. The first kappa shape index (κ1) is 13.8. The zero-order valence-corrected chi connectivity index (χ0v) is 12.0. The standard InChI is InChI=1S/C16H14ClNO3/c17-12-5-3-4-11(8-12)16(19)18-9-13-10-20-14-6-1-2-7-15(14)21-13/h1-8,13H,9-10H2,(H,18,19)/t13-/m0/s1. The number of nitrogens with one attached hydrogen (secondary N) is 1. The number of hydrogen-bond donors (Lipinski definition) is 1.